The van der Waals surface area contributed by atoms with Gasteiger partial charge in [0.15, 0.2) is 0 Å². The predicted octanol–water partition coefficient (Wildman–Crippen LogP) is 3.63. The van der Waals surface area contributed by atoms with Gasteiger partial charge in [-0.15, -0.1) is 0 Å². The van der Waals surface area contributed by atoms with Crippen LogP contribution in [0.1, 0.15) is 25.3 Å². The molecule has 0 spiro atoms. The lowest BCUT2D eigenvalue weighted by atomic mass is 9.79. The standard InChI is InChI=1S/C13H14BrFO2/c1-13(12(16)17,9-2-3-9)7-8-4-10(14)6-11(15)5-8/h4-6,9H,2-3,7H2,1H3,(H,16,17). The van der Waals surface area contributed by atoms with E-state index in [1.54, 1.807) is 13.0 Å². The van der Waals surface area contributed by atoms with E-state index in [0.29, 0.717) is 10.9 Å². The van der Waals surface area contributed by atoms with Gasteiger partial charge in [0, 0.05) is 4.47 Å². The van der Waals surface area contributed by atoms with Crippen molar-refractivity contribution in [1.29, 1.82) is 0 Å². The molecule has 0 bridgehead atoms. The second-order valence-corrected chi connectivity index (χ2v) is 5.87. The summed E-state index contributed by atoms with van der Waals surface area (Å²) in [6.07, 6.45) is 2.29. The van der Waals surface area contributed by atoms with E-state index in [4.69, 9.17) is 0 Å². The van der Waals surface area contributed by atoms with E-state index in [0.717, 1.165) is 18.4 Å². The normalized spacial score (nSPS) is 18.8. The van der Waals surface area contributed by atoms with Crippen molar-refractivity contribution in [1.82, 2.24) is 0 Å². The van der Waals surface area contributed by atoms with Crippen LogP contribution in [-0.2, 0) is 11.2 Å². The molecule has 0 aliphatic heterocycles. The third-order valence-corrected chi connectivity index (χ3v) is 3.92. The van der Waals surface area contributed by atoms with Crippen LogP contribution in [0.5, 0.6) is 0 Å². The summed E-state index contributed by atoms with van der Waals surface area (Å²) in [5.74, 6) is -0.902. The molecule has 1 fully saturated rings. The molecule has 0 amide bonds. The number of halogens is 2. The molecule has 17 heavy (non-hydrogen) atoms. The average molecular weight is 301 g/mol. The lowest BCUT2D eigenvalue weighted by molar-refractivity contribution is -0.149. The molecular formula is C13H14BrFO2. The minimum Gasteiger partial charge on any atom is -0.481 e. The summed E-state index contributed by atoms with van der Waals surface area (Å²) in [6.45, 7) is 1.76. The van der Waals surface area contributed by atoms with E-state index in [1.807, 2.05) is 0 Å². The van der Waals surface area contributed by atoms with Crippen molar-refractivity contribution in [3.05, 3.63) is 34.1 Å². The first kappa shape index (κ1) is 12.6. The second-order valence-electron chi connectivity index (χ2n) is 4.95. The van der Waals surface area contributed by atoms with Crippen LogP contribution < -0.4 is 0 Å². The highest BCUT2D eigenvalue weighted by Crippen LogP contribution is 2.47. The summed E-state index contributed by atoms with van der Waals surface area (Å²) in [4.78, 5) is 11.4. The highest BCUT2D eigenvalue weighted by molar-refractivity contribution is 9.10. The smallest absolute Gasteiger partial charge is 0.309 e. The Morgan fingerprint density at radius 1 is 1.53 bits per heavy atom. The fourth-order valence-corrected chi connectivity index (χ4v) is 2.76. The van der Waals surface area contributed by atoms with Gasteiger partial charge in [0.25, 0.3) is 0 Å². The van der Waals surface area contributed by atoms with Crippen molar-refractivity contribution in [2.24, 2.45) is 11.3 Å². The minimum absolute atomic E-state index is 0.224. The first-order chi connectivity index (χ1) is 7.91. The van der Waals surface area contributed by atoms with Crippen LogP contribution >= 0.6 is 15.9 Å². The van der Waals surface area contributed by atoms with Gasteiger partial charge in [0.05, 0.1) is 5.41 Å². The van der Waals surface area contributed by atoms with Crippen LogP contribution in [0.15, 0.2) is 22.7 Å². The summed E-state index contributed by atoms with van der Waals surface area (Å²) in [7, 11) is 0. The van der Waals surface area contributed by atoms with Crippen LogP contribution in [0.25, 0.3) is 0 Å². The second kappa shape index (κ2) is 4.41. The molecule has 0 radical (unpaired) electrons. The van der Waals surface area contributed by atoms with E-state index >= 15 is 0 Å². The highest BCUT2D eigenvalue weighted by Gasteiger charge is 2.47. The van der Waals surface area contributed by atoms with Gasteiger partial charge in [-0.2, -0.15) is 0 Å². The molecule has 1 aliphatic carbocycles. The molecule has 1 N–H and O–H groups in total. The number of hydrogen-bond acceptors (Lipinski definition) is 1. The molecule has 0 aromatic heterocycles. The molecule has 4 heteroatoms. The number of carboxylic acids is 1. The van der Waals surface area contributed by atoms with Gasteiger partial charge < -0.3 is 5.11 Å². The first-order valence-corrected chi connectivity index (χ1v) is 6.39. The third kappa shape index (κ3) is 2.68. The monoisotopic (exact) mass is 300 g/mol. The fourth-order valence-electron chi connectivity index (χ4n) is 2.25. The van der Waals surface area contributed by atoms with E-state index in [9.17, 15) is 14.3 Å². The summed E-state index contributed by atoms with van der Waals surface area (Å²) in [6, 6.07) is 4.57. The van der Waals surface area contributed by atoms with Crippen molar-refractivity contribution >= 4 is 21.9 Å². The Kier molecular flexibility index (Phi) is 3.25. The van der Waals surface area contributed by atoms with Gasteiger partial charge in [0.1, 0.15) is 5.82 Å². The Balaban J connectivity index is 2.26. The Bertz CT molecular complexity index is 436. The van der Waals surface area contributed by atoms with Crippen molar-refractivity contribution in [2.45, 2.75) is 26.2 Å². The molecule has 1 aromatic rings. The number of carboxylic acid groups (broad SMARTS) is 1. The Morgan fingerprint density at radius 3 is 2.65 bits per heavy atom. The summed E-state index contributed by atoms with van der Waals surface area (Å²) >= 11 is 3.22. The molecule has 1 aromatic carbocycles. The van der Waals surface area contributed by atoms with Gasteiger partial charge >= 0.3 is 5.97 Å². The molecule has 1 saturated carbocycles. The zero-order valence-electron chi connectivity index (χ0n) is 9.54. The van der Waals surface area contributed by atoms with Crippen molar-refractivity contribution in [3.8, 4) is 0 Å². The van der Waals surface area contributed by atoms with E-state index in [-0.39, 0.29) is 11.7 Å². The van der Waals surface area contributed by atoms with E-state index in [2.05, 4.69) is 15.9 Å². The van der Waals surface area contributed by atoms with Crippen molar-refractivity contribution in [3.63, 3.8) is 0 Å². The van der Waals surface area contributed by atoms with Gasteiger partial charge in [-0.05, 0) is 55.9 Å². The van der Waals surface area contributed by atoms with Gasteiger partial charge in [0.2, 0.25) is 0 Å². The van der Waals surface area contributed by atoms with Crippen molar-refractivity contribution in [2.75, 3.05) is 0 Å². The minimum atomic E-state index is -0.791. The maximum atomic E-state index is 13.2. The molecule has 1 aliphatic rings. The fraction of sp³-hybridized carbons (Fsp3) is 0.462. The Hall–Kier alpha value is -0.900. The average Bonchev–Trinajstić information content (AvgIpc) is 2.97. The van der Waals surface area contributed by atoms with Crippen LogP contribution in [0.4, 0.5) is 4.39 Å². The van der Waals surface area contributed by atoms with Crippen molar-refractivity contribution < 1.29 is 14.3 Å². The summed E-state index contributed by atoms with van der Waals surface area (Å²) in [5, 5.41) is 9.34. The molecule has 92 valence electrons. The molecule has 2 nitrogen and oxygen atoms in total. The van der Waals surface area contributed by atoms with Crippen LogP contribution in [0.3, 0.4) is 0 Å². The number of benzene rings is 1. The van der Waals surface area contributed by atoms with E-state index in [1.165, 1.54) is 12.1 Å². The Labute approximate surface area is 108 Å². The molecule has 1 atom stereocenters. The lowest BCUT2D eigenvalue weighted by Crippen LogP contribution is -2.32. The molecule has 0 heterocycles. The third-order valence-electron chi connectivity index (χ3n) is 3.46. The molecule has 1 unspecified atom stereocenters. The number of rotatable bonds is 4. The maximum Gasteiger partial charge on any atom is 0.309 e. The highest BCUT2D eigenvalue weighted by atomic mass is 79.9. The predicted molar refractivity (Wildman–Crippen MR) is 66.3 cm³/mol. The topological polar surface area (TPSA) is 37.3 Å². The quantitative estimate of drug-likeness (QED) is 0.922. The molecule has 2 rings (SSSR count). The van der Waals surface area contributed by atoms with Crippen LogP contribution in [-0.4, -0.2) is 11.1 Å². The zero-order valence-corrected chi connectivity index (χ0v) is 11.1. The molecular weight excluding hydrogens is 287 g/mol. The van der Waals surface area contributed by atoms with Gasteiger partial charge in [-0.3, -0.25) is 4.79 Å². The number of hydrogen-bond donors (Lipinski definition) is 1. The molecule has 0 saturated heterocycles. The van der Waals surface area contributed by atoms with Crippen LogP contribution in [0.2, 0.25) is 0 Å². The van der Waals surface area contributed by atoms with E-state index < -0.39 is 11.4 Å². The first-order valence-electron chi connectivity index (χ1n) is 5.60. The number of aliphatic carboxylic acids is 1. The van der Waals surface area contributed by atoms with Gasteiger partial charge in [-0.1, -0.05) is 15.9 Å². The maximum absolute atomic E-state index is 13.2. The summed E-state index contributed by atoms with van der Waals surface area (Å²) < 4.78 is 13.9. The SMILES string of the molecule is CC(Cc1cc(F)cc(Br)c1)(C(=O)O)C1CC1. The zero-order chi connectivity index (χ0) is 12.6. The summed E-state index contributed by atoms with van der Waals surface area (Å²) in [5.41, 5.74) is -0.0403. The van der Waals surface area contributed by atoms with Gasteiger partial charge in [-0.25, -0.2) is 4.39 Å². The Morgan fingerprint density at radius 2 is 2.18 bits per heavy atom. The van der Waals surface area contributed by atoms with Crippen LogP contribution in [0, 0.1) is 17.2 Å². The lowest BCUT2D eigenvalue weighted by Gasteiger charge is -2.24. The number of carbonyl (C=O) groups is 1. The largest absolute Gasteiger partial charge is 0.481 e.